The Balaban J connectivity index is 1.27. The van der Waals surface area contributed by atoms with Gasteiger partial charge in [0.25, 0.3) is 0 Å². The molecule has 5 rings (SSSR count). The molecule has 7 nitrogen and oxygen atoms in total. The van der Waals surface area contributed by atoms with Crippen LogP contribution >= 0.6 is 0 Å². The van der Waals surface area contributed by atoms with Gasteiger partial charge < -0.3 is 20.9 Å². The van der Waals surface area contributed by atoms with E-state index in [0.29, 0.717) is 6.04 Å². The molecule has 0 radical (unpaired) electrons. The highest BCUT2D eigenvalue weighted by Gasteiger charge is 2.26. The summed E-state index contributed by atoms with van der Waals surface area (Å²) in [6, 6.07) is 8.12. The largest absolute Gasteiger partial charge is 0.371 e. The van der Waals surface area contributed by atoms with Crippen molar-refractivity contribution < 1.29 is 0 Å². The molecule has 2 aromatic rings. The van der Waals surface area contributed by atoms with Crippen molar-refractivity contribution in [1.29, 1.82) is 0 Å². The topological polar surface area (TPSA) is 68.4 Å². The van der Waals surface area contributed by atoms with E-state index in [4.69, 9.17) is 9.97 Å². The second-order valence-electron chi connectivity index (χ2n) is 11.1. The first-order chi connectivity index (χ1) is 18.1. The van der Waals surface area contributed by atoms with Gasteiger partial charge in [0.1, 0.15) is 5.82 Å². The molecular weight excluding hydrogens is 458 g/mol. The monoisotopic (exact) mass is 505 g/mol. The molecular formula is C30H47N7. The molecule has 0 bridgehead atoms. The Morgan fingerprint density at radius 1 is 0.892 bits per heavy atom. The van der Waals surface area contributed by atoms with Crippen LogP contribution in [0.1, 0.15) is 75.7 Å². The average molecular weight is 506 g/mol. The Morgan fingerprint density at radius 3 is 2.35 bits per heavy atom. The zero-order valence-electron chi connectivity index (χ0n) is 23.3. The van der Waals surface area contributed by atoms with Crippen molar-refractivity contribution in [1.82, 2.24) is 20.2 Å². The standard InChI is InChI=1S/C30H47N7/c1-4-23-21-25(11-12-28(23)37-17-13-26(14-18-37)36-19-15-31-16-20-36)34-29-22(3)32-27(5-2)30(35-29)33-24-9-7-6-8-10-24/h11-12,21,24,26,31H,4-10,13-20H2,1-3H3,(H2,33,34,35). The summed E-state index contributed by atoms with van der Waals surface area (Å²) in [5.41, 5.74) is 5.93. The van der Waals surface area contributed by atoms with E-state index >= 15 is 0 Å². The molecule has 1 aromatic heterocycles. The van der Waals surface area contributed by atoms with Gasteiger partial charge in [0.05, 0.1) is 11.4 Å². The molecule has 1 saturated carbocycles. The molecule has 0 spiro atoms. The Bertz CT molecular complexity index is 1020. The molecule has 3 fully saturated rings. The van der Waals surface area contributed by atoms with Gasteiger partial charge in [-0.25, -0.2) is 4.98 Å². The van der Waals surface area contributed by atoms with E-state index in [0.717, 1.165) is 73.8 Å². The Labute approximate surface area is 223 Å². The van der Waals surface area contributed by atoms with Gasteiger partial charge in [-0.1, -0.05) is 33.1 Å². The highest BCUT2D eigenvalue weighted by molar-refractivity contribution is 5.67. The Morgan fingerprint density at radius 2 is 1.65 bits per heavy atom. The van der Waals surface area contributed by atoms with Gasteiger partial charge in [0.2, 0.25) is 0 Å². The van der Waals surface area contributed by atoms with Crippen LogP contribution < -0.4 is 20.9 Å². The molecule has 1 aliphatic carbocycles. The maximum Gasteiger partial charge on any atom is 0.154 e. The Hall–Kier alpha value is -2.38. The minimum Gasteiger partial charge on any atom is -0.371 e. The molecule has 1 aromatic carbocycles. The van der Waals surface area contributed by atoms with Crippen LogP contribution in [0, 0.1) is 6.92 Å². The summed E-state index contributed by atoms with van der Waals surface area (Å²) in [7, 11) is 0. The summed E-state index contributed by atoms with van der Waals surface area (Å²) in [6.45, 7) is 13.5. The lowest BCUT2D eigenvalue weighted by Gasteiger charge is -2.41. The molecule has 0 amide bonds. The van der Waals surface area contributed by atoms with Gasteiger partial charge in [-0.15, -0.1) is 0 Å². The summed E-state index contributed by atoms with van der Waals surface area (Å²) in [6.07, 6.45) is 10.9. The maximum atomic E-state index is 5.05. The van der Waals surface area contributed by atoms with Crippen molar-refractivity contribution >= 4 is 23.0 Å². The molecule has 3 N–H and O–H groups in total. The number of nitrogens with one attached hydrogen (secondary N) is 3. The fourth-order valence-corrected chi connectivity index (χ4v) is 6.40. The number of aryl methyl sites for hydroxylation is 3. The van der Waals surface area contributed by atoms with E-state index in [1.165, 1.54) is 69.3 Å². The SMILES string of the molecule is CCc1cc(Nc2nc(NC3CCCCC3)c(CC)nc2C)ccc1N1CCC(N2CCNCC2)CC1. The minimum atomic E-state index is 0.519. The van der Waals surface area contributed by atoms with E-state index in [1.807, 2.05) is 0 Å². The van der Waals surface area contributed by atoms with Crippen molar-refractivity contribution in [3.63, 3.8) is 0 Å². The highest BCUT2D eigenvalue weighted by atomic mass is 15.2. The first-order valence-corrected chi connectivity index (χ1v) is 14.9. The van der Waals surface area contributed by atoms with Gasteiger partial charge in [-0.3, -0.25) is 9.88 Å². The van der Waals surface area contributed by atoms with Crippen LogP contribution in [0.4, 0.5) is 23.0 Å². The lowest BCUT2D eigenvalue weighted by Crippen LogP contribution is -2.52. The molecule has 37 heavy (non-hydrogen) atoms. The lowest BCUT2D eigenvalue weighted by atomic mass is 9.95. The molecule has 7 heteroatoms. The highest BCUT2D eigenvalue weighted by Crippen LogP contribution is 2.31. The summed E-state index contributed by atoms with van der Waals surface area (Å²) in [4.78, 5) is 15.3. The second-order valence-corrected chi connectivity index (χ2v) is 11.1. The number of hydrogen-bond acceptors (Lipinski definition) is 7. The summed E-state index contributed by atoms with van der Waals surface area (Å²) in [5.74, 6) is 1.82. The number of hydrogen-bond donors (Lipinski definition) is 3. The van der Waals surface area contributed by atoms with Crippen LogP contribution in [0.15, 0.2) is 18.2 Å². The molecule has 0 atom stereocenters. The quantitative estimate of drug-likeness (QED) is 0.451. The molecule has 3 heterocycles. The van der Waals surface area contributed by atoms with Crippen LogP contribution in [0.5, 0.6) is 0 Å². The van der Waals surface area contributed by atoms with Crippen molar-refractivity contribution in [2.24, 2.45) is 0 Å². The number of anilines is 4. The van der Waals surface area contributed by atoms with Gasteiger partial charge in [0, 0.05) is 62.7 Å². The number of benzene rings is 1. The first kappa shape index (κ1) is 26.2. The number of piperazine rings is 1. The third kappa shape index (κ3) is 6.37. The van der Waals surface area contributed by atoms with Crippen LogP contribution in [0.25, 0.3) is 0 Å². The van der Waals surface area contributed by atoms with E-state index in [-0.39, 0.29) is 0 Å². The van der Waals surface area contributed by atoms with Gasteiger partial charge in [-0.2, -0.15) is 0 Å². The third-order valence-corrected chi connectivity index (χ3v) is 8.62. The number of piperidine rings is 1. The summed E-state index contributed by atoms with van der Waals surface area (Å²) < 4.78 is 0. The lowest BCUT2D eigenvalue weighted by molar-refractivity contribution is 0.150. The van der Waals surface area contributed by atoms with E-state index in [2.05, 4.69) is 64.7 Å². The Kier molecular flexibility index (Phi) is 8.82. The fraction of sp³-hybridized carbons (Fsp3) is 0.667. The van der Waals surface area contributed by atoms with Crippen LogP contribution in [0.2, 0.25) is 0 Å². The second kappa shape index (κ2) is 12.4. The van der Waals surface area contributed by atoms with Gasteiger partial charge in [-0.05, 0) is 69.2 Å². The van der Waals surface area contributed by atoms with Crippen molar-refractivity contribution in [2.45, 2.75) is 90.6 Å². The van der Waals surface area contributed by atoms with Gasteiger partial charge in [0.15, 0.2) is 5.82 Å². The normalized spacial score (nSPS) is 20.2. The van der Waals surface area contributed by atoms with Crippen LogP contribution in [0.3, 0.4) is 0 Å². The molecule has 0 unspecified atom stereocenters. The number of rotatable bonds is 8. The maximum absolute atomic E-state index is 5.05. The number of nitrogens with zero attached hydrogens (tertiary/aromatic N) is 4. The van der Waals surface area contributed by atoms with E-state index < -0.39 is 0 Å². The third-order valence-electron chi connectivity index (χ3n) is 8.62. The molecule has 2 saturated heterocycles. The van der Waals surface area contributed by atoms with Gasteiger partial charge >= 0.3 is 0 Å². The minimum absolute atomic E-state index is 0.519. The molecule has 202 valence electrons. The van der Waals surface area contributed by atoms with Crippen molar-refractivity contribution in [3.8, 4) is 0 Å². The van der Waals surface area contributed by atoms with E-state index in [1.54, 1.807) is 0 Å². The zero-order chi connectivity index (χ0) is 25.6. The fourth-order valence-electron chi connectivity index (χ4n) is 6.40. The predicted molar refractivity (Wildman–Crippen MR) is 155 cm³/mol. The van der Waals surface area contributed by atoms with Crippen molar-refractivity contribution in [3.05, 3.63) is 35.2 Å². The molecule has 3 aliphatic rings. The van der Waals surface area contributed by atoms with Crippen molar-refractivity contribution in [2.75, 3.05) is 54.8 Å². The molecule has 2 aliphatic heterocycles. The smallest absolute Gasteiger partial charge is 0.154 e. The van der Waals surface area contributed by atoms with E-state index in [9.17, 15) is 0 Å². The number of aromatic nitrogens is 2. The first-order valence-electron chi connectivity index (χ1n) is 14.9. The summed E-state index contributed by atoms with van der Waals surface area (Å²) >= 11 is 0. The van der Waals surface area contributed by atoms with Crippen LogP contribution in [-0.2, 0) is 12.8 Å². The summed E-state index contributed by atoms with van der Waals surface area (Å²) in [5, 5.41) is 10.8. The predicted octanol–water partition coefficient (Wildman–Crippen LogP) is 5.27. The average Bonchev–Trinajstić information content (AvgIpc) is 2.95. The zero-order valence-corrected chi connectivity index (χ0v) is 23.3. The van der Waals surface area contributed by atoms with Crippen LogP contribution in [-0.4, -0.2) is 66.2 Å².